The molecule has 1 fully saturated rings. The molecule has 13 heavy (non-hydrogen) atoms. The molecule has 1 unspecified atom stereocenters. The second-order valence-electron chi connectivity index (χ2n) is 3.73. The van der Waals surface area contributed by atoms with E-state index in [9.17, 15) is 4.79 Å². The summed E-state index contributed by atoms with van der Waals surface area (Å²) in [5.74, 6) is 0.124. The molecule has 1 aliphatic carbocycles. The van der Waals surface area contributed by atoms with Crippen LogP contribution in [0.15, 0.2) is 0 Å². The first-order chi connectivity index (χ1) is 6.15. The van der Waals surface area contributed by atoms with Gasteiger partial charge in [0.05, 0.1) is 6.04 Å². The van der Waals surface area contributed by atoms with E-state index in [1.165, 1.54) is 0 Å². The van der Waals surface area contributed by atoms with Gasteiger partial charge in [-0.15, -0.1) is 0 Å². The molecule has 1 rings (SSSR count). The lowest BCUT2D eigenvalue weighted by Gasteiger charge is -2.22. The largest absolute Gasteiger partial charge is 0.352 e. The van der Waals surface area contributed by atoms with Gasteiger partial charge in [-0.2, -0.15) is 0 Å². The number of hydrogen-bond acceptors (Lipinski definition) is 3. The Labute approximate surface area is 79.5 Å². The number of hydrogen-bond donors (Lipinski definition) is 2. The van der Waals surface area contributed by atoms with Crippen LogP contribution in [0.5, 0.6) is 0 Å². The van der Waals surface area contributed by atoms with Gasteiger partial charge in [0, 0.05) is 19.1 Å². The lowest BCUT2D eigenvalue weighted by Crippen LogP contribution is -2.45. The number of nitrogens with one attached hydrogen (secondary N) is 1. The molecule has 0 bridgehead atoms. The maximum atomic E-state index is 11.5. The van der Waals surface area contributed by atoms with Crippen LogP contribution in [-0.2, 0) is 4.79 Å². The molecule has 1 aliphatic rings. The number of amides is 1. The first-order valence-corrected chi connectivity index (χ1v) is 4.86. The zero-order valence-corrected chi connectivity index (χ0v) is 8.42. The molecule has 1 atom stereocenters. The van der Waals surface area contributed by atoms with Gasteiger partial charge in [-0.25, -0.2) is 0 Å². The first-order valence-electron chi connectivity index (χ1n) is 4.86. The minimum absolute atomic E-state index is 0.0656. The highest BCUT2D eigenvalue weighted by Crippen LogP contribution is 2.18. The molecular formula is C9H19N3O. The van der Waals surface area contributed by atoms with Crippen molar-refractivity contribution >= 4 is 5.91 Å². The summed E-state index contributed by atoms with van der Waals surface area (Å²) in [6, 6.07) is 0.380. The van der Waals surface area contributed by atoms with Gasteiger partial charge >= 0.3 is 0 Å². The van der Waals surface area contributed by atoms with Gasteiger partial charge in [0.15, 0.2) is 0 Å². The Hall–Kier alpha value is -0.610. The summed E-state index contributed by atoms with van der Waals surface area (Å²) in [7, 11) is 1.92. The van der Waals surface area contributed by atoms with Crippen molar-refractivity contribution in [3.8, 4) is 0 Å². The van der Waals surface area contributed by atoms with Gasteiger partial charge in [0.25, 0.3) is 0 Å². The second kappa shape index (κ2) is 4.58. The molecule has 4 nitrogen and oxygen atoms in total. The maximum Gasteiger partial charge on any atom is 0.237 e. The lowest BCUT2D eigenvalue weighted by molar-refractivity contribution is -0.125. The van der Waals surface area contributed by atoms with Crippen LogP contribution in [-0.4, -0.2) is 43.0 Å². The minimum Gasteiger partial charge on any atom is -0.352 e. The van der Waals surface area contributed by atoms with Crippen LogP contribution in [0.1, 0.15) is 19.8 Å². The van der Waals surface area contributed by atoms with E-state index in [0.717, 1.165) is 19.4 Å². The fourth-order valence-electron chi connectivity index (χ4n) is 1.15. The molecule has 1 saturated carbocycles. The van der Waals surface area contributed by atoms with Crippen molar-refractivity contribution in [2.24, 2.45) is 5.73 Å². The summed E-state index contributed by atoms with van der Waals surface area (Å²) in [6.07, 6.45) is 2.28. The predicted molar refractivity (Wildman–Crippen MR) is 52.3 cm³/mol. The van der Waals surface area contributed by atoms with Crippen molar-refractivity contribution in [1.29, 1.82) is 0 Å². The van der Waals surface area contributed by atoms with Crippen LogP contribution >= 0.6 is 0 Å². The summed E-state index contributed by atoms with van der Waals surface area (Å²) in [4.78, 5) is 13.5. The van der Waals surface area contributed by atoms with Gasteiger partial charge in [-0.1, -0.05) is 0 Å². The van der Waals surface area contributed by atoms with Crippen LogP contribution in [0.2, 0.25) is 0 Å². The summed E-state index contributed by atoms with van der Waals surface area (Å²) in [5.41, 5.74) is 5.41. The molecule has 3 N–H and O–H groups in total. The van der Waals surface area contributed by atoms with Crippen molar-refractivity contribution < 1.29 is 4.79 Å². The molecule has 0 aromatic carbocycles. The predicted octanol–water partition coefficient (Wildman–Crippen LogP) is -0.456. The number of likely N-dealkylation sites (N-methyl/N-ethyl adjacent to an activating group) is 1. The third-order valence-electron chi connectivity index (χ3n) is 2.45. The Balaban J connectivity index is 2.26. The standard InChI is InChI=1S/C9H19N3O/c1-7(12(2)6-5-10)9(13)11-8-3-4-8/h7-8H,3-6,10H2,1-2H3,(H,11,13). The van der Waals surface area contributed by atoms with Gasteiger partial charge < -0.3 is 11.1 Å². The van der Waals surface area contributed by atoms with Crippen LogP contribution in [0.3, 0.4) is 0 Å². The number of nitrogens with two attached hydrogens (primary N) is 1. The molecule has 1 amide bonds. The van der Waals surface area contributed by atoms with Crippen LogP contribution in [0, 0.1) is 0 Å². The Kier molecular flexibility index (Phi) is 3.69. The van der Waals surface area contributed by atoms with Gasteiger partial charge in [0.1, 0.15) is 0 Å². The molecule has 0 heterocycles. The topological polar surface area (TPSA) is 58.4 Å². The van der Waals surface area contributed by atoms with Crippen molar-refractivity contribution in [3.63, 3.8) is 0 Å². The van der Waals surface area contributed by atoms with E-state index >= 15 is 0 Å². The number of rotatable bonds is 5. The monoisotopic (exact) mass is 185 g/mol. The van der Waals surface area contributed by atoms with Gasteiger partial charge in [-0.3, -0.25) is 9.69 Å². The molecule has 0 aromatic rings. The molecule has 0 aliphatic heterocycles. The van der Waals surface area contributed by atoms with Gasteiger partial charge in [-0.05, 0) is 26.8 Å². The van der Waals surface area contributed by atoms with Crippen molar-refractivity contribution in [3.05, 3.63) is 0 Å². The van der Waals surface area contributed by atoms with E-state index in [2.05, 4.69) is 5.32 Å². The number of carbonyl (C=O) groups is 1. The average Bonchev–Trinajstić information content (AvgIpc) is 2.87. The van der Waals surface area contributed by atoms with E-state index in [1.54, 1.807) is 0 Å². The van der Waals surface area contributed by atoms with Crippen LogP contribution in [0.25, 0.3) is 0 Å². The third kappa shape index (κ3) is 3.32. The fraction of sp³-hybridized carbons (Fsp3) is 0.889. The Morgan fingerprint density at radius 2 is 2.31 bits per heavy atom. The van der Waals surface area contributed by atoms with E-state index in [1.807, 2.05) is 18.9 Å². The highest BCUT2D eigenvalue weighted by Gasteiger charge is 2.26. The first kappa shape index (κ1) is 10.5. The van der Waals surface area contributed by atoms with E-state index in [-0.39, 0.29) is 11.9 Å². The molecule has 0 radical (unpaired) electrons. The van der Waals surface area contributed by atoms with E-state index in [4.69, 9.17) is 5.73 Å². The highest BCUT2D eigenvalue weighted by molar-refractivity contribution is 5.81. The molecule has 0 saturated heterocycles. The normalized spacial score (nSPS) is 18.8. The molecular weight excluding hydrogens is 166 g/mol. The Morgan fingerprint density at radius 1 is 1.69 bits per heavy atom. The Morgan fingerprint density at radius 3 is 2.77 bits per heavy atom. The third-order valence-corrected chi connectivity index (χ3v) is 2.45. The summed E-state index contributed by atoms with van der Waals surface area (Å²) < 4.78 is 0. The van der Waals surface area contributed by atoms with E-state index in [0.29, 0.717) is 12.6 Å². The smallest absolute Gasteiger partial charge is 0.237 e. The zero-order valence-electron chi connectivity index (χ0n) is 8.42. The van der Waals surface area contributed by atoms with Crippen LogP contribution in [0.4, 0.5) is 0 Å². The van der Waals surface area contributed by atoms with Gasteiger partial charge in [0.2, 0.25) is 5.91 Å². The van der Waals surface area contributed by atoms with Crippen molar-refractivity contribution in [1.82, 2.24) is 10.2 Å². The minimum atomic E-state index is -0.0656. The second-order valence-corrected chi connectivity index (χ2v) is 3.73. The van der Waals surface area contributed by atoms with Crippen molar-refractivity contribution in [2.45, 2.75) is 31.8 Å². The fourth-order valence-corrected chi connectivity index (χ4v) is 1.15. The van der Waals surface area contributed by atoms with Crippen LogP contribution < -0.4 is 11.1 Å². The molecule has 76 valence electrons. The number of carbonyl (C=O) groups excluding carboxylic acids is 1. The average molecular weight is 185 g/mol. The highest BCUT2D eigenvalue weighted by atomic mass is 16.2. The summed E-state index contributed by atoms with van der Waals surface area (Å²) >= 11 is 0. The molecule has 0 spiro atoms. The summed E-state index contributed by atoms with van der Waals surface area (Å²) in [5, 5.41) is 2.97. The molecule has 4 heteroatoms. The van der Waals surface area contributed by atoms with Crippen molar-refractivity contribution in [2.75, 3.05) is 20.1 Å². The Bertz CT molecular complexity index is 180. The molecule has 0 aromatic heterocycles. The SMILES string of the molecule is CC(C(=O)NC1CC1)N(C)CCN. The summed E-state index contributed by atoms with van der Waals surface area (Å²) in [6.45, 7) is 3.27. The maximum absolute atomic E-state index is 11.5. The number of nitrogens with zero attached hydrogens (tertiary/aromatic N) is 1. The lowest BCUT2D eigenvalue weighted by atomic mass is 10.2. The zero-order chi connectivity index (χ0) is 9.84. The van der Waals surface area contributed by atoms with E-state index < -0.39 is 0 Å². The quantitative estimate of drug-likeness (QED) is 0.609.